The summed E-state index contributed by atoms with van der Waals surface area (Å²) in [6.45, 7) is 2.16. The Labute approximate surface area is 119 Å². The quantitative estimate of drug-likeness (QED) is 0.911. The maximum absolute atomic E-state index is 11.9. The summed E-state index contributed by atoms with van der Waals surface area (Å²) in [7, 11) is 0. The van der Waals surface area contributed by atoms with Crippen LogP contribution in [0, 0.1) is 6.92 Å². The van der Waals surface area contributed by atoms with Crippen molar-refractivity contribution < 1.29 is 14.3 Å². The summed E-state index contributed by atoms with van der Waals surface area (Å²) < 4.78 is 5.21. The van der Waals surface area contributed by atoms with E-state index in [0.717, 1.165) is 5.56 Å². The molecule has 100 valence electrons. The molecule has 0 bridgehead atoms. The van der Waals surface area contributed by atoms with Crippen LogP contribution >= 0.6 is 23.2 Å². The number of carbonyl (C=O) groups is 1. The first kappa shape index (κ1) is 13.8. The third kappa shape index (κ3) is 3.03. The molecule has 1 aromatic heterocycles. The molecule has 2 N–H and O–H groups in total. The number of carbonyl (C=O) groups excluding carboxylic acids is 1. The van der Waals surface area contributed by atoms with Gasteiger partial charge >= 0.3 is 0 Å². The summed E-state index contributed by atoms with van der Waals surface area (Å²) in [5, 5.41) is 12.2. The lowest BCUT2D eigenvalue weighted by Crippen LogP contribution is -2.22. The number of rotatable bonds is 3. The molecule has 0 aliphatic carbocycles. The number of amides is 1. The van der Waals surface area contributed by atoms with Gasteiger partial charge in [0.2, 0.25) is 0 Å². The predicted molar refractivity (Wildman–Crippen MR) is 72.7 cm³/mol. The molecular formula is C13H11Cl2NO3. The number of furan rings is 1. The molecule has 19 heavy (non-hydrogen) atoms. The van der Waals surface area contributed by atoms with E-state index in [2.05, 4.69) is 5.32 Å². The van der Waals surface area contributed by atoms with E-state index >= 15 is 0 Å². The molecule has 2 aromatic rings. The Bertz CT molecular complexity index is 599. The Balaban J connectivity index is 2.10. The lowest BCUT2D eigenvalue weighted by atomic mass is 10.2. The molecule has 1 heterocycles. The Morgan fingerprint density at radius 2 is 2.00 bits per heavy atom. The first-order valence-corrected chi connectivity index (χ1v) is 6.24. The molecule has 4 nitrogen and oxygen atoms in total. The normalized spacial score (nSPS) is 10.5. The van der Waals surface area contributed by atoms with Crippen LogP contribution in [-0.4, -0.2) is 11.0 Å². The highest BCUT2D eigenvalue weighted by Crippen LogP contribution is 2.32. The number of hydrogen-bond acceptors (Lipinski definition) is 3. The minimum Gasteiger partial charge on any atom is -0.505 e. The number of aryl methyl sites for hydroxylation is 1. The van der Waals surface area contributed by atoms with Gasteiger partial charge in [-0.25, -0.2) is 0 Å². The van der Waals surface area contributed by atoms with Crippen LogP contribution in [0.15, 0.2) is 28.9 Å². The maximum atomic E-state index is 11.9. The summed E-state index contributed by atoms with van der Waals surface area (Å²) in [5.41, 5.74) is 1.24. The smallest absolute Gasteiger partial charge is 0.251 e. The molecular weight excluding hydrogens is 289 g/mol. The summed E-state index contributed by atoms with van der Waals surface area (Å²) in [4.78, 5) is 11.9. The Hall–Kier alpha value is -1.65. The largest absolute Gasteiger partial charge is 0.505 e. The number of phenols is 1. The highest BCUT2D eigenvalue weighted by Gasteiger charge is 2.13. The summed E-state index contributed by atoms with van der Waals surface area (Å²) in [5.74, 6) is 0.102. The summed E-state index contributed by atoms with van der Waals surface area (Å²) in [6.07, 6.45) is 1.56. The lowest BCUT2D eigenvalue weighted by molar-refractivity contribution is 0.0948. The van der Waals surface area contributed by atoms with E-state index in [1.165, 1.54) is 12.1 Å². The zero-order valence-corrected chi connectivity index (χ0v) is 11.5. The fourth-order valence-corrected chi connectivity index (χ4v) is 2.03. The van der Waals surface area contributed by atoms with Gasteiger partial charge in [0.25, 0.3) is 5.91 Å². The molecule has 0 unspecified atom stereocenters. The molecule has 1 aromatic carbocycles. The average Bonchev–Trinajstić information content (AvgIpc) is 2.78. The van der Waals surface area contributed by atoms with Gasteiger partial charge in [-0.2, -0.15) is 0 Å². The first-order valence-electron chi connectivity index (χ1n) is 5.48. The molecule has 0 saturated heterocycles. The zero-order valence-electron chi connectivity index (χ0n) is 10.0. The highest BCUT2D eigenvalue weighted by atomic mass is 35.5. The monoisotopic (exact) mass is 299 g/mol. The summed E-state index contributed by atoms with van der Waals surface area (Å²) in [6, 6.07) is 4.52. The van der Waals surface area contributed by atoms with Crippen LogP contribution in [0.3, 0.4) is 0 Å². The molecule has 0 aliphatic heterocycles. The van der Waals surface area contributed by atoms with Gasteiger partial charge in [0.15, 0.2) is 5.75 Å². The van der Waals surface area contributed by atoms with E-state index in [1.807, 2.05) is 13.0 Å². The second kappa shape index (κ2) is 5.55. The molecule has 0 radical (unpaired) electrons. The van der Waals surface area contributed by atoms with Gasteiger partial charge < -0.3 is 14.8 Å². The Morgan fingerprint density at radius 1 is 1.37 bits per heavy atom. The van der Waals surface area contributed by atoms with E-state index < -0.39 is 0 Å². The molecule has 0 fully saturated rings. The van der Waals surface area contributed by atoms with Crippen LogP contribution in [0.4, 0.5) is 0 Å². The summed E-state index contributed by atoms with van der Waals surface area (Å²) >= 11 is 11.5. The van der Waals surface area contributed by atoms with Crippen LogP contribution in [-0.2, 0) is 6.54 Å². The lowest BCUT2D eigenvalue weighted by Gasteiger charge is -2.06. The van der Waals surface area contributed by atoms with Crippen LogP contribution in [0.5, 0.6) is 5.75 Å². The SMILES string of the molecule is Cc1ccoc1CNC(=O)c1cc(Cl)c(O)c(Cl)c1. The number of phenolic OH excluding ortho intramolecular Hbond substituents is 1. The topological polar surface area (TPSA) is 62.5 Å². The Kier molecular flexibility index (Phi) is 4.02. The number of nitrogens with one attached hydrogen (secondary N) is 1. The van der Waals surface area contributed by atoms with Crippen LogP contribution in [0.1, 0.15) is 21.7 Å². The van der Waals surface area contributed by atoms with Crippen molar-refractivity contribution in [3.8, 4) is 5.75 Å². The molecule has 1 amide bonds. The zero-order chi connectivity index (χ0) is 14.0. The van der Waals surface area contributed by atoms with Crippen molar-refractivity contribution in [1.29, 1.82) is 0 Å². The van der Waals surface area contributed by atoms with Gasteiger partial charge in [0.1, 0.15) is 5.76 Å². The second-order valence-electron chi connectivity index (χ2n) is 4.00. The molecule has 0 atom stereocenters. The molecule has 0 saturated carbocycles. The average molecular weight is 300 g/mol. The Morgan fingerprint density at radius 3 is 2.53 bits per heavy atom. The fourth-order valence-electron chi connectivity index (χ4n) is 1.54. The molecule has 2 rings (SSSR count). The van der Waals surface area contributed by atoms with E-state index in [4.69, 9.17) is 27.6 Å². The van der Waals surface area contributed by atoms with Crippen molar-refractivity contribution in [3.05, 3.63) is 51.4 Å². The fraction of sp³-hybridized carbons (Fsp3) is 0.154. The van der Waals surface area contributed by atoms with Crippen LogP contribution < -0.4 is 5.32 Å². The van der Waals surface area contributed by atoms with Crippen molar-refractivity contribution in [2.75, 3.05) is 0 Å². The van der Waals surface area contributed by atoms with E-state index in [-0.39, 0.29) is 33.8 Å². The number of halogens is 2. The van der Waals surface area contributed by atoms with Crippen LogP contribution in [0.25, 0.3) is 0 Å². The number of hydrogen-bond donors (Lipinski definition) is 2. The standard InChI is InChI=1S/C13H11Cl2NO3/c1-7-2-3-19-11(7)6-16-13(18)8-4-9(14)12(17)10(15)5-8/h2-5,17H,6H2,1H3,(H,16,18). The number of aromatic hydroxyl groups is 1. The van der Waals surface area contributed by atoms with Crippen molar-refractivity contribution in [3.63, 3.8) is 0 Å². The molecule has 0 spiro atoms. The van der Waals surface area contributed by atoms with Crippen molar-refractivity contribution in [2.24, 2.45) is 0 Å². The van der Waals surface area contributed by atoms with E-state index in [1.54, 1.807) is 6.26 Å². The predicted octanol–water partition coefficient (Wildman–Crippen LogP) is 3.53. The van der Waals surface area contributed by atoms with Gasteiger partial charge in [0.05, 0.1) is 22.9 Å². The van der Waals surface area contributed by atoms with Crippen molar-refractivity contribution >= 4 is 29.1 Å². The molecule has 0 aliphatic rings. The maximum Gasteiger partial charge on any atom is 0.251 e. The van der Waals surface area contributed by atoms with Crippen molar-refractivity contribution in [2.45, 2.75) is 13.5 Å². The van der Waals surface area contributed by atoms with E-state index in [9.17, 15) is 9.90 Å². The van der Waals surface area contributed by atoms with E-state index in [0.29, 0.717) is 5.76 Å². The van der Waals surface area contributed by atoms with Gasteiger partial charge in [-0.1, -0.05) is 23.2 Å². The van der Waals surface area contributed by atoms with Crippen molar-refractivity contribution in [1.82, 2.24) is 5.32 Å². The minimum atomic E-state index is -0.348. The number of benzene rings is 1. The second-order valence-corrected chi connectivity index (χ2v) is 4.81. The van der Waals surface area contributed by atoms with Gasteiger partial charge in [-0.3, -0.25) is 4.79 Å². The van der Waals surface area contributed by atoms with Gasteiger partial charge in [-0.05, 0) is 30.7 Å². The van der Waals surface area contributed by atoms with Crippen LogP contribution in [0.2, 0.25) is 10.0 Å². The molecule has 6 heteroatoms. The third-order valence-corrected chi connectivity index (χ3v) is 3.23. The van der Waals surface area contributed by atoms with Gasteiger partial charge in [-0.15, -0.1) is 0 Å². The third-order valence-electron chi connectivity index (χ3n) is 2.66. The first-order chi connectivity index (χ1) is 8.99. The van der Waals surface area contributed by atoms with Gasteiger partial charge in [0, 0.05) is 5.56 Å². The highest BCUT2D eigenvalue weighted by molar-refractivity contribution is 6.37. The minimum absolute atomic E-state index is 0.0341.